The van der Waals surface area contributed by atoms with E-state index in [2.05, 4.69) is 53.7 Å². The van der Waals surface area contributed by atoms with Gasteiger partial charge >= 0.3 is 0 Å². The summed E-state index contributed by atoms with van der Waals surface area (Å²) >= 11 is 0. The van der Waals surface area contributed by atoms with Crippen LogP contribution in [0.25, 0.3) is 0 Å². The highest BCUT2D eigenvalue weighted by Crippen LogP contribution is 2.16. The van der Waals surface area contributed by atoms with Gasteiger partial charge in [0, 0.05) is 25.7 Å². The van der Waals surface area contributed by atoms with Crippen LogP contribution in [0, 0.1) is 5.21 Å². The summed E-state index contributed by atoms with van der Waals surface area (Å²) in [6, 6.07) is 21.6. The molecule has 3 rings (SSSR count). The van der Waals surface area contributed by atoms with Crippen LogP contribution < -0.4 is 14.8 Å². The topological polar surface area (TPSA) is 68.5 Å². The Hall–Kier alpha value is -3.38. The van der Waals surface area contributed by atoms with Crippen molar-refractivity contribution in [1.29, 1.82) is 0 Å². The van der Waals surface area contributed by atoms with Crippen molar-refractivity contribution >= 4 is 5.91 Å². The fourth-order valence-electron chi connectivity index (χ4n) is 3.15. The van der Waals surface area contributed by atoms with Gasteiger partial charge in [0.1, 0.15) is 11.3 Å². The molecule has 6 nitrogen and oxygen atoms in total. The average Bonchev–Trinajstić information content (AvgIpc) is 2.74. The molecule has 30 heavy (non-hydrogen) atoms. The van der Waals surface area contributed by atoms with Crippen molar-refractivity contribution in [2.45, 2.75) is 19.5 Å². The van der Waals surface area contributed by atoms with Crippen LogP contribution in [-0.4, -0.2) is 31.0 Å². The van der Waals surface area contributed by atoms with E-state index in [4.69, 9.17) is 4.74 Å². The van der Waals surface area contributed by atoms with E-state index in [1.165, 1.54) is 23.5 Å². The van der Waals surface area contributed by atoms with Crippen molar-refractivity contribution in [2.75, 3.05) is 20.2 Å². The number of amides is 1. The summed E-state index contributed by atoms with van der Waals surface area (Å²) in [5.41, 5.74) is 2.82. The monoisotopic (exact) mass is 405 g/mol. The van der Waals surface area contributed by atoms with E-state index in [1.54, 1.807) is 12.1 Å². The molecule has 0 spiro atoms. The van der Waals surface area contributed by atoms with Crippen LogP contribution in [0.4, 0.5) is 0 Å². The summed E-state index contributed by atoms with van der Waals surface area (Å²) in [4.78, 5) is 14.3. The van der Waals surface area contributed by atoms with Crippen molar-refractivity contribution in [3.05, 3.63) is 101 Å². The molecule has 2 aromatic carbocycles. The van der Waals surface area contributed by atoms with Gasteiger partial charge in [-0.05, 0) is 42.8 Å². The second kappa shape index (κ2) is 11.0. The Morgan fingerprint density at radius 1 is 1.03 bits per heavy atom. The number of rotatable bonds is 10. The third kappa shape index (κ3) is 6.90. The molecule has 0 saturated carbocycles. The molecule has 0 aliphatic heterocycles. The highest BCUT2D eigenvalue weighted by molar-refractivity contribution is 5.93. The molecule has 1 aromatic heterocycles. The molecule has 6 heteroatoms. The van der Waals surface area contributed by atoms with Gasteiger partial charge in [0.2, 0.25) is 0 Å². The minimum atomic E-state index is -0.261. The van der Waals surface area contributed by atoms with Gasteiger partial charge in [0.05, 0.1) is 6.61 Å². The van der Waals surface area contributed by atoms with Crippen LogP contribution in [0.3, 0.4) is 0 Å². The van der Waals surface area contributed by atoms with Crippen molar-refractivity contribution in [3.8, 4) is 5.75 Å². The number of ether oxygens (including phenoxy) is 1. The maximum absolute atomic E-state index is 12.0. The number of aromatic nitrogens is 1. The molecule has 156 valence electrons. The Kier molecular flexibility index (Phi) is 7.80. The van der Waals surface area contributed by atoms with Gasteiger partial charge in [-0.25, -0.2) is 0 Å². The molecule has 1 amide bonds. The number of nitrogens with zero attached hydrogens (tertiary/aromatic N) is 2. The largest absolute Gasteiger partial charge is 0.619 e. The van der Waals surface area contributed by atoms with Gasteiger partial charge in [-0.3, -0.25) is 9.69 Å². The summed E-state index contributed by atoms with van der Waals surface area (Å²) in [5.74, 6) is 0.561. The highest BCUT2D eigenvalue weighted by Gasteiger charge is 2.08. The second-order valence-corrected chi connectivity index (χ2v) is 7.22. The van der Waals surface area contributed by atoms with Crippen LogP contribution in [0.1, 0.15) is 27.9 Å². The zero-order valence-corrected chi connectivity index (χ0v) is 17.2. The third-order valence-electron chi connectivity index (χ3n) is 4.56. The van der Waals surface area contributed by atoms with Gasteiger partial charge in [-0.2, -0.15) is 4.73 Å². The first kappa shape index (κ1) is 21.3. The smallest absolute Gasteiger partial charge is 0.257 e. The van der Waals surface area contributed by atoms with E-state index >= 15 is 0 Å². The summed E-state index contributed by atoms with van der Waals surface area (Å²) < 4.78 is 6.44. The van der Waals surface area contributed by atoms with Crippen molar-refractivity contribution in [3.63, 3.8) is 0 Å². The Morgan fingerprint density at radius 2 is 1.80 bits per heavy atom. The van der Waals surface area contributed by atoms with Crippen LogP contribution in [0.15, 0.2) is 79.1 Å². The number of hydrogen-bond acceptors (Lipinski definition) is 4. The Bertz CT molecular complexity index is 947. The van der Waals surface area contributed by atoms with E-state index in [0.29, 0.717) is 29.9 Å². The van der Waals surface area contributed by atoms with E-state index < -0.39 is 0 Å². The lowest BCUT2D eigenvalue weighted by Gasteiger charge is -2.17. The molecule has 0 bridgehead atoms. The second-order valence-electron chi connectivity index (χ2n) is 7.22. The quantitative estimate of drug-likeness (QED) is 0.320. The van der Waals surface area contributed by atoms with Crippen LogP contribution >= 0.6 is 0 Å². The first-order valence-electron chi connectivity index (χ1n) is 10.0. The maximum atomic E-state index is 12.0. The molecular weight excluding hydrogens is 378 g/mol. The zero-order chi connectivity index (χ0) is 21.2. The lowest BCUT2D eigenvalue weighted by molar-refractivity contribution is -0.605. The van der Waals surface area contributed by atoms with Gasteiger partial charge in [0.25, 0.3) is 5.91 Å². The van der Waals surface area contributed by atoms with Crippen LogP contribution in [0.5, 0.6) is 5.75 Å². The number of nitrogens with one attached hydrogen (secondary N) is 1. The first-order valence-corrected chi connectivity index (χ1v) is 10.0. The number of hydrogen-bond donors (Lipinski definition) is 1. The fourth-order valence-corrected chi connectivity index (χ4v) is 3.15. The molecule has 0 saturated heterocycles. The van der Waals surface area contributed by atoms with Gasteiger partial charge in [-0.15, -0.1) is 0 Å². The molecule has 0 atom stereocenters. The number of carbonyl (C=O) groups is 1. The van der Waals surface area contributed by atoms with E-state index in [1.807, 2.05) is 18.2 Å². The van der Waals surface area contributed by atoms with E-state index in [0.717, 1.165) is 18.8 Å². The van der Waals surface area contributed by atoms with Crippen molar-refractivity contribution in [1.82, 2.24) is 10.2 Å². The summed E-state index contributed by atoms with van der Waals surface area (Å²) in [7, 11) is 2.10. The molecule has 1 heterocycles. The molecule has 0 unspecified atom stereocenters. The number of carbonyl (C=O) groups excluding carboxylic acids is 1. The average molecular weight is 405 g/mol. The van der Waals surface area contributed by atoms with Crippen LogP contribution in [0.2, 0.25) is 0 Å². The van der Waals surface area contributed by atoms with Gasteiger partial charge in [0.15, 0.2) is 12.4 Å². The highest BCUT2D eigenvalue weighted by atomic mass is 16.5. The van der Waals surface area contributed by atoms with Gasteiger partial charge < -0.3 is 15.3 Å². The fraction of sp³-hybridized carbons (Fsp3) is 0.250. The first-order chi connectivity index (χ1) is 14.6. The normalized spacial score (nSPS) is 10.7. The Labute approximate surface area is 177 Å². The van der Waals surface area contributed by atoms with E-state index in [9.17, 15) is 10.0 Å². The minimum Gasteiger partial charge on any atom is -0.619 e. The summed E-state index contributed by atoms with van der Waals surface area (Å²) in [6.45, 7) is 2.70. The SMILES string of the molecule is CN(Cc1ccccc1)Cc1cccc(OCCCNC(=O)c2ccc[n+]([O-])c2)c1. The third-order valence-corrected chi connectivity index (χ3v) is 4.56. The molecule has 0 aliphatic rings. The Balaban J connectivity index is 1.39. The molecule has 1 N–H and O–H groups in total. The lowest BCUT2D eigenvalue weighted by Crippen LogP contribution is -2.30. The molecule has 0 aliphatic carbocycles. The number of benzene rings is 2. The Morgan fingerprint density at radius 3 is 2.60 bits per heavy atom. The number of pyridine rings is 1. The van der Waals surface area contributed by atoms with Crippen molar-refractivity contribution in [2.24, 2.45) is 0 Å². The summed E-state index contributed by atoms with van der Waals surface area (Å²) in [6.07, 6.45) is 3.28. The van der Waals surface area contributed by atoms with Crippen LogP contribution in [-0.2, 0) is 13.1 Å². The molecular formula is C24H27N3O3. The van der Waals surface area contributed by atoms with Crippen molar-refractivity contribution < 1.29 is 14.3 Å². The molecule has 0 fully saturated rings. The van der Waals surface area contributed by atoms with E-state index in [-0.39, 0.29) is 5.91 Å². The maximum Gasteiger partial charge on any atom is 0.257 e. The standard InChI is InChI=1S/C24H27N3O3/c1-26(17-20-8-3-2-4-9-20)18-21-10-5-12-23(16-21)30-15-7-13-25-24(28)22-11-6-14-27(29)19-22/h2-6,8-12,14,16,19H,7,13,15,17-18H2,1H3,(H,25,28). The summed E-state index contributed by atoms with van der Waals surface area (Å²) in [5, 5.41) is 14.0. The predicted octanol–water partition coefficient (Wildman–Crippen LogP) is 3.15. The minimum absolute atomic E-state index is 0.261. The lowest BCUT2D eigenvalue weighted by atomic mass is 10.1. The molecule has 0 radical (unpaired) electrons. The van der Waals surface area contributed by atoms with Gasteiger partial charge in [-0.1, -0.05) is 42.5 Å². The predicted molar refractivity (Wildman–Crippen MR) is 116 cm³/mol. The molecule has 3 aromatic rings. The zero-order valence-electron chi connectivity index (χ0n) is 17.2.